The molecule has 0 bridgehead atoms. The van der Waals surface area contributed by atoms with E-state index in [2.05, 4.69) is 9.72 Å². The van der Waals surface area contributed by atoms with Crippen LogP contribution in [-0.2, 0) is 11.2 Å². The highest BCUT2D eigenvalue weighted by molar-refractivity contribution is 6.11. The Morgan fingerprint density at radius 1 is 1.19 bits per heavy atom. The molecule has 1 aromatic heterocycles. The van der Waals surface area contributed by atoms with Gasteiger partial charge in [0.1, 0.15) is 16.9 Å². The first kappa shape index (κ1) is 18.3. The number of phenolic OH excluding ortho intramolecular Hbond substituents is 1. The van der Waals surface area contributed by atoms with Gasteiger partial charge in [-0.2, -0.15) is 0 Å². The second-order valence-corrected chi connectivity index (χ2v) is 6.11. The molecule has 7 heteroatoms. The average Bonchev–Trinajstić information content (AvgIpc) is 2.64. The molecule has 0 fully saturated rings. The number of halogens is 1. The van der Waals surface area contributed by atoms with Gasteiger partial charge < -0.3 is 15.6 Å². The van der Waals surface area contributed by atoms with E-state index in [0.29, 0.717) is 17.5 Å². The number of rotatable bonds is 4. The van der Waals surface area contributed by atoms with E-state index in [4.69, 9.17) is 5.73 Å². The Hall–Kier alpha value is -3.48. The molecule has 0 aliphatic rings. The van der Waals surface area contributed by atoms with Gasteiger partial charge in [0.15, 0.2) is 5.75 Å². The Labute approximate surface area is 154 Å². The van der Waals surface area contributed by atoms with E-state index in [0.717, 1.165) is 11.1 Å². The highest BCUT2D eigenvalue weighted by atomic mass is 19.1. The number of nitrogens with zero attached hydrogens (tertiary/aromatic N) is 1. The number of carbonyl (C=O) groups excluding carboxylic acids is 2. The third kappa shape index (κ3) is 3.44. The quantitative estimate of drug-likeness (QED) is 0.690. The van der Waals surface area contributed by atoms with Gasteiger partial charge in [0.25, 0.3) is 0 Å². The van der Waals surface area contributed by atoms with Crippen molar-refractivity contribution in [3.05, 3.63) is 70.2 Å². The predicted molar refractivity (Wildman–Crippen MR) is 97.2 cm³/mol. The first-order valence-corrected chi connectivity index (χ1v) is 8.10. The molecule has 138 valence electrons. The topological polar surface area (TPSA) is 103 Å². The highest BCUT2D eigenvalue weighted by Crippen LogP contribution is 2.32. The normalized spacial score (nSPS) is 10.8. The van der Waals surface area contributed by atoms with Crippen molar-refractivity contribution in [2.75, 3.05) is 7.11 Å². The third-order valence-corrected chi connectivity index (χ3v) is 4.35. The lowest BCUT2D eigenvalue weighted by Crippen LogP contribution is -2.14. The van der Waals surface area contributed by atoms with Crippen LogP contribution in [0.2, 0.25) is 0 Å². The van der Waals surface area contributed by atoms with Gasteiger partial charge in [0.2, 0.25) is 5.91 Å². The predicted octanol–water partition coefficient (Wildman–Crippen LogP) is 2.86. The van der Waals surface area contributed by atoms with Crippen LogP contribution < -0.4 is 5.73 Å². The van der Waals surface area contributed by atoms with Crippen LogP contribution in [0.1, 0.15) is 37.5 Å². The average molecular weight is 368 g/mol. The number of fused-ring (bicyclic) bond motifs is 1. The lowest BCUT2D eigenvalue weighted by atomic mass is 9.97. The molecule has 0 aliphatic carbocycles. The molecule has 2 aromatic carbocycles. The number of nitrogens with two attached hydrogens (primary N) is 1. The molecule has 0 aliphatic heterocycles. The van der Waals surface area contributed by atoms with E-state index >= 15 is 0 Å². The molecule has 0 atom stereocenters. The van der Waals surface area contributed by atoms with Gasteiger partial charge in [0.05, 0.1) is 7.11 Å². The number of benzene rings is 2. The summed E-state index contributed by atoms with van der Waals surface area (Å²) in [6.45, 7) is 1.74. The second-order valence-electron chi connectivity index (χ2n) is 6.11. The van der Waals surface area contributed by atoms with Crippen LogP contribution in [0.15, 0.2) is 36.4 Å². The number of hydrogen-bond donors (Lipinski definition) is 2. The van der Waals surface area contributed by atoms with Gasteiger partial charge in [-0.05, 0) is 48.7 Å². The molecular formula is C20H17FN2O4. The van der Waals surface area contributed by atoms with Gasteiger partial charge in [-0.3, -0.25) is 4.79 Å². The fourth-order valence-corrected chi connectivity index (χ4v) is 2.92. The first-order chi connectivity index (χ1) is 12.8. The maximum atomic E-state index is 13.1. The number of methoxy groups -OCH3 is 1. The molecular weight excluding hydrogens is 351 g/mol. The van der Waals surface area contributed by atoms with Crippen LogP contribution in [0, 0.1) is 12.7 Å². The Morgan fingerprint density at radius 2 is 1.85 bits per heavy atom. The molecule has 0 spiro atoms. The summed E-state index contributed by atoms with van der Waals surface area (Å²) in [5, 5.41) is 10.8. The molecule has 0 saturated carbocycles. The van der Waals surface area contributed by atoms with Gasteiger partial charge in [-0.1, -0.05) is 12.1 Å². The Bertz CT molecular complexity index is 1060. The van der Waals surface area contributed by atoms with Gasteiger partial charge in [-0.15, -0.1) is 0 Å². The monoisotopic (exact) mass is 368 g/mol. The van der Waals surface area contributed by atoms with Crippen LogP contribution in [-0.4, -0.2) is 29.1 Å². The standard InChI is InChI=1S/C20H17FN2O4/c1-10-12(7-11-3-5-13(21)6-4-11)8-14-15(19(22)25)9-16(20(26)27-2)18(24)17(14)23-10/h3-6,8-9,24H,7H2,1-2H3,(H2,22,25). The zero-order chi connectivity index (χ0) is 19.7. The number of aromatic hydroxyl groups is 1. The van der Waals surface area contributed by atoms with Gasteiger partial charge in [-0.25, -0.2) is 14.2 Å². The zero-order valence-electron chi connectivity index (χ0n) is 14.7. The highest BCUT2D eigenvalue weighted by Gasteiger charge is 2.22. The number of esters is 1. The van der Waals surface area contributed by atoms with E-state index in [1.54, 1.807) is 25.1 Å². The van der Waals surface area contributed by atoms with Gasteiger partial charge >= 0.3 is 5.97 Å². The maximum Gasteiger partial charge on any atom is 0.341 e. The first-order valence-electron chi connectivity index (χ1n) is 8.10. The van der Waals surface area contributed by atoms with Crippen molar-refractivity contribution in [2.24, 2.45) is 5.73 Å². The summed E-state index contributed by atoms with van der Waals surface area (Å²) in [4.78, 5) is 28.2. The minimum Gasteiger partial charge on any atom is -0.505 e. The molecule has 27 heavy (non-hydrogen) atoms. The molecule has 1 heterocycles. The van der Waals surface area contributed by atoms with Crippen molar-refractivity contribution in [3.8, 4) is 5.75 Å². The van der Waals surface area contributed by atoms with Crippen molar-refractivity contribution in [2.45, 2.75) is 13.3 Å². The van der Waals surface area contributed by atoms with E-state index in [1.807, 2.05) is 0 Å². The number of phenols is 1. The lowest BCUT2D eigenvalue weighted by Gasteiger charge is -2.13. The van der Waals surface area contributed by atoms with Crippen molar-refractivity contribution in [3.63, 3.8) is 0 Å². The van der Waals surface area contributed by atoms with Crippen LogP contribution in [0.25, 0.3) is 10.9 Å². The summed E-state index contributed by atoms with van der Waals surface area (Å²) < 4.78 is 17.7. The molecule has 3 aromatic rings. The van der Waals surface area contributed by atoms with E-state index in [9.17, 15) is 19.1 Å². The molecule has 3 rings (SSSR count). The Kier molecular flexibility index (Phi) is 4.77. The molecule has 0 radical (unpaired) electrons. The molecule has 3 N–H and O–H groups in total. The van der Waals surface area contributed by atoms with Crippen molar-refractivity contribution in [1.82, 2.24) is 4.98 Å². The van der Waals surface area contributed by atoms with Crippen LogP contribution in [0.5, 0.6) is 5.75 Å². The lowest BCUT2D eigenvalue weighted by molar-refractivity contribution is 0.0597. The fraction of sp³-hybridized carbons (Fsp3) is 0.150. The number of carbonyl (C=O) groups is 2. The van der Waals surface area contributed by atoms with E-state index < -0.39 is 11.9 Å². The summed E-state index contributed by atoms with van der Waals surface area (Å²) in [7, 11) is 1.17. The summed E-state index contributed by atoms with van der Waals surface area (Å²) in [5.74, 6) is -2.27. The number of pyridine rings is 1. The SMILES string of the molecule is COC(=O)c1cc(C(N)=O)c2cc(Cc3ccc(F)cc3)c(C)nc2c1O. The third-order valence-electron chi connectivity index (χ3n) is 4.35. The van der Waals surface area contributed by atoms with Crippen LogP contribution in [0.4, 0.5) is 4.39 Å². The van der Waals surface area contributed by atoms with Crippen molar-refractivity contribution < 1.29 is 23.8 Å². The summed E-state index contributed by atoms with van der Waals surface area (Å²) in [5.41, 5.74) is 7.65. The number of hydrogen-bond acceptors (Lipinski definition) is 5. The Morgan fingerprint density at radius 3 is 2.44 bits per heavy atom. The maximum absolute atomic E-state index is 13.1. The van der Waals surface area contributed by atoms with Gasteiger partial charge in [0, 0.05) is 16.6 Å². The van der Waals surface area contributed by atoms with Crippen molar-refractivity contribution >= 4 is 22.8 Å². The number of primary amides is 1. The number of aromatic nitrogens is 1. The smallest absolute Gasteiger partial charge is 0.341 e. The van der Waals surface area contributed by atoms with E-state index in [-0.39, 0.29) is 28.2 Å². The van der Waals surface area contributed by atoms with Crippen LogP contribution in [0.3, 0.4) is 0 Å². The minimum atomic E-state index is -0.799. The number of aryl methyl sites for hydroxylation is 1. The molecule has 0 saturated heterocycles. The molecule has 0 unspecified atom stereocenters. The number of amides is 1. The summed E-state index contributed by atoms with van der Waals surface area (Å²) >= 11 is 0. The summed E-state index contributed by atoms with van der Waals surface area (Å²) in [6.07, 6.45) is 0.451. The molecule has 1 amide bonds. The second kappa shape index (κ2) is 7.03. The molecule has 6 nitrogen and oxygen atoms in total. The minimum absolute atomic E-state index is 0.0519. The van der Waals surface area contributed by atoms with Crippen LogP contribution >= 0.6 is 0 Å². The zero-order valence-corrected chi connectivity index (χ0v) is 14.7. The number of ether oxygens (including phenoxy) is 1. The van der Waals surface area contributed by atoms with E-state index in [1.165, 1.54) is 25.3 Å². The largest absolute Gasteiger partial charge is 0.505 e. The van der Waals surface area contributed by atoms with Crippen molar-refractivity contribution in [1.29, 1.82) is 0 Å². The fourth-order valence-electron chi connectivity index (χ4n) is 2.92. The summed E-state index contributed by atoms with van der Waals surface area (Å²) in [6, 6.07) is 8.94. The Balaban J connectivity index is 2.21.